The van der Waals surface area contributed by atoms with E-state index in [1.165, 1.54) is 4.90 Å². The van der Waals surface area contributed by atoms with Gasteiger partial charge in [-0.2, -0.15) is 5.10 Å². The number of ketones is 1. The topological polar surface area (TPSA) is 80.0 Å². The lowest BCUT2D eigenvalue weighted by molar-refractivity contribution is 0.0992. The van der Waals surface area contributed by atoms with Crippen molar-refractivity contribution in [2.75, 3.05) is 38.1 Å². The number of likely N-dealkylation sites (N-methyl/N-ethyl adjacent to an activating group) is 1. The number of aryl methyl sites for hydroxylation is 1. The normalized spacial score (nSPS) is 16.5. The van der Waals surface area contributed by atoms with Crippen molar-refractivity contribution in [3.05, 3.63) is 66.4 Å². The number of hydrogen-bond acceptors (Lipinski definition) is 7. The Morgan fingerprint density at radius 3 is 2.75 bits per heavy atom. The van der Waals surface area contributed by atoms with Crippen LogP contribution in [-0.4, -0.2) is 68.6 Å². The fourth-order valence-corrected chi connectivity index (χ4v) is 3.84. The first-order valence-electron chi connectivity index (χ1n) is 12.0. The van der Waals surface area contributed by atoms with Gasteiger partial charge in [-0.15, -0.1) is 0 Å². The van der Waals surface area contributed by atoms with Crippen LogP contribution in [0, 0.1) is 0 Å². The van der Waals surface area contributed by atoms with Crippen molar-refractivity contribution >= 4 is 22.5 Å². The number of pyridine rings is 3. The quantitative estimate of drug-likeness (QED) is 0.450. The van der Waals surface area contributed by atoms with Gasteiger partial charge in [0, 0.05) is 72.4 Å². The van der Waals surface area contributed by atoms with E-state index in [1.807, 2.05) is 36.3 Å². The molecule has 0 N–H and O–H groups in total. The molecule has 32 heavy (non-hydrogen) atoms. The van der Waals surface area contributed by atoms with Crippen LogP contribution in [0.25, 0.3) is 22.2 Å². The highest BCUT2D eigenvalue weighted by molar-refractivity contribution is 5.98. The Bertz CT molecular complexity index is 1380. The first-order valence-corrected chi connectivity index (χ1v) is 10.5. The molecule has 8 heteroatoms. The van der Waals surface area contributed by atoms with Gasteiger partial charge in [-0.25, -0.2) is 9.97 Å². The molecule has 0 saturated carbocycles. The molecule has 0 aliphatic carbocycles. The van der Waals surface area contributed by atoms with Crippen LogP contribution in [0.15, 0.2) is 55.1 Å². The highest BCUT2D eigenvalue weighted by Crippen LogP contribution is 2.21. The number of nitrogens with zero attached hydrogens (tertiary/aromatic N) is 7. The molecule has 1 fully saturated rings. The zero-order valence-corrected chi connectivity index (χ0v) is 17.8. The first kappa shape index (κ1) is 17.0. The van der Waals surface area contributed by atoms with E-state index >= 15 is 0 Å². The summed E-state index contributed by atoms with van der Waals surface area (Å²) in [5, 5.41) is 5.10. The Kier molecular flexibility index (Phi) is 4.49. The molecule has 1 aliphatic heterocycles. The number of rotatable bonds is 5. The summed E-state index contributed by atoms with van der Waals surface area (Å²) >= 11 is 0. The minimum absolute atomic E-state index is 0.0648. The fraction of sp³-hybridized carbons (Fsp3) is 0.292. The van der Waals surface area contributed by atoms with E-state index in [0.717, 1.165) is 22.2 Å². The van der Waals surface area contributed by atoms with E-state index in [-0.39, 0.29) is 12.2 Å². The summed E-state index contributed by atoms with van der Waals surface area (Å²) in [7, 11) is 1.86. The first-order chi connectivity index (χ1) is 16.8. The Balaban J connectivity index is 1.31. The summed E-state index contributed by atoms with van der Waals surface area (Å²) in [6.45, 7) is -0.158. The second kappa shape index (κ2) is 8.47. The van der Waals surface area contributed by atoms with Crippen LogP contribution in [0.2, 0.25) is 0 Å². The Morgan fingerprint density at radius 2 is 1.97 bits per heavy atom. The van der Waals surface area contributed by atoms with E-state index < -0.39 is 6.98 Å². The van der Waals surface area contributed by atoms with Crippen molar-refractivity contribution < 1.29 is 8.91 Å². The van der Waals surface area contributed by atoms with Crippen molar-refractivity contribution in [1.82, 2.24) is 29.6 Å². The van der Waals surface area contributed by atoms with E-state index in [9.17, 15) is 4.79 Å². The molecular formula is C24H25N7O. The Morgan fingerprint density at radius 1 is 1.09 bits per heavy atom. The molecule has 8 nitrogen and oxygen atoms in total. The molecular weight excluding hydrogens is 402 g/mol. The minimum Gasteiger partial charge on any atom is -0.354 e. The fourth-order valence-electron chi connectivity index (χ4n) is 3.84. The predicted molar refractivity (Wildman–Crippen MR) is 124 cm³/mol. The van der Waals surface area contributed by atoms with Crippen LogP contribution in [0.3, 0.4) is 0 Å². The third-order valence-corrected chi connectivity index (χ3v) is 5.64. The highest BCUT2D eigenvalue weighted by Gasteiger charge is 2.17. The average molecular weight is 431 g/mol. The van der Waals surface area contributed by atoms with Crippen molar-refractivity contribution in [3.63, 3.8) is 0 Å². The number of fused-ring (bicyclic) bond motifs is 1. The summed E-state index contributed by atoms with van der Waals surface area (Å²) < 4.78 is 24.4. The molecule has 0 aromatic carbocycles. The van der Waals surface area contributed by atoms with Crippen LogP contribution >= 0.6 is 0 Å². The molecule has 162 valence electrons. The van der Waals surface area contributed by atoms with Crippen LogP contribution in [-0.2, 0) is 13.5 Å². The van der Waals surface area contributed by atoms with Gasteiger partial charge in [0.05, 0.1) is 29.5 Å². The van der Waals surface area contributed by atoms with E-state index in [2.05, 4.69) is 15.1 Å². The Labute approximate surface area is 190 Å². The van der Waals surface area contributed by atoms with Gasteiger partial charge in [0.25, 0.3) is 0 Å². The van der Waals surface area contributed by atoms with Gasteiger partial charge in [0.1, 0.15) is 5.82 Å². The zero-order valence-electron chi connectivity index (χ0n) is 20.8. The molecule has 4 aromatic heterocycles. The standard InChI is InChI=1S/C24H25N7O/c1-29-7-9-31(10-8-29)24-11-17(5-6-25-24)23(32)13-20-12-22-18(14-26-20)3-4-21(28-22)19-15-27-30(2)16-19/h3-6,11-12,14-16H,7-10,13H2,1-2H3/i1D3. The zero-order chi connectivity index (χ0) is 24.6. The lowest BCUT2D eigenvalue weighted by Crippen LogP contribution is -2.44. The third kappa shape index (κ3) is 4.22. The summed E-state index contributed by atoms with van der Waals surface area (Å²) in [4.78, 5) is 30.2. The molecule has 0 unspecified atom stereocenters. The van der Waals surface area contributed by atoms with Gasteiger partial charge < -0.3 is 9.80 Å². The predicted octanol–water partition coefficient (Wildman–Crippen LogP) is 2.60. The van der Waals surface area contributed by atoms with Gasteiger partial charge in [-0.1, -0.05) is 0 Å². The second-order valence-electron chi connectivity index (χ2n) is 7.94. The maximum atomic E-state index is 13.1. The summed E-state index contributed by atoms with van der Waals surface area (Å²) in [5.41, 5.74) is 3.70. The van der Waals surface area contributed by atoms with Gasteiger partial charge in [-0.05, 0) is 37.3 Å². The van der Waals surface area contributed by atoms with Gasteiger partial charge >= 0.3 is 0 Å². The molecule has 5 rings (SSSR count). The number of hydrogen-bond donors (Lipinski definition) is 0. The molecule has 1 aliphatic rings. The average Bonchev–Trinajstić information content (AvgIpc) is 3.29. The summed E-state index contributed by atoms with van der Waals surface area (Å²) in [6.07, 6.45) is 7.17. The molecule has 0 amide bonds. The van der Waals surface area contributed by atoms with Crippen molar-refractivity contribution in [3.8, 4) is 11.3 Å². The lowest BCUT2D eigenvalue weighted by atomic mass is 10.1. The van der Waals surface area contributed by atoms with E-state index in [0.29, 0.717) is 43.3 Å². The molecule has 4 aromatic rings. The number of anilines is 1. The second-order valence-corrected chi connectivity index (χ2v) is 7.94. The Hall–Kier alpha value is -3.65. The minimum atomic E-state index is -2.09. The van der Waals surface area contributed by atoms with Crippen LogP contribution in [0.1, 0.15) is 20.2 Å². The number of piperazine rings is 1. The van der Waals surface area contributed by atoms with Crippen molar-refractivity contribution in [1.29, 1.82) is 0 Å². The van der Waals surface area contributed by atoms with Crippen LogP contribution in [0.4, 0.5) is 5.82 Å². The number of carbonyl (C=O) groups is 1. The molecule has 1 saturated heterocycles. The maximum Gasteiger partial charge on any atom is 0.169 e. The molecule has 0 spiro atoms. The monoisotopic (exact) mass is 430 g/mol. The molecule has 0 radical (unpaired) electrons. The van der Waals surface area contributed by atoms with Gasteiger partial charge in [0.2, 0.25) is 0 Å². The molecule has 0 atom stereocenters. The van der Waals surface area contributed by atoms with Gasteiger partial charge in [-0.3, -0.25) is 14.5 Å². The largest absolute Gasteiger partial charge is 0.354 e. The van der Waals surface area contributed by atoms with Crippen LogP contribution < -0.4 is 4.90 Å². The highest BCUT2D eigenvalue weighted by atomic mass is 16.1. The number of carbonyl (C=O) groups excluding carboxylic acids is 1. The smallest absolute Gasteiger partial charge is 0.169 e. The maximum absolute atomic E-state index is 13.1. The van der Waals surface area contributed by atoms with Gasteiger partial charge in [0.15, 0.2) is 5.78 Å². The third-order valence-electron chi connectivity index (χ3n) is 5.64. The van der Waals surface area contributed by atoms with Crippen molar-refractivity contribution in [2.45, 2.75) is 6.42 Å². The molecule has 0 bridgehead atoms. The number of aromatic nitrogens is 5. The summed E-state index contributed by atoms with van der Waals surface area (Å²) in [5.74, 6) is 0.611. The van der Waals surface area contributed by atoms with E-state index in [4.69, 9.17) is 9.10 Å². The van der Waals surface area contributed by atoms with Crippen molar-refractivity contribution in [2.24, 2.45) is 7.05 Å². The molecule has 5 heterocycles. The SMILES string of the molecule is [2H]C([2H])([2H])N1CCN(c2cc(C(=O)Cc3cc4nc(-c5cnn(C)c5)ccc4cn3)ccn2)CC1. The van der Waals surface area contributed by atoms with Crippen LogP contribution in [0.5, 0.6) is 0 Å². The lowest BCUT2D eigenvalue weighted by Gasteiger charge is -2.33. The van der Waals surface area contributed by atoms with E-state index in [1.54, 1.807) is 35.4 Å². The summed E-state index contributed by atoms with van der Waals surface area (Å²) in [6, 6.07) is 9.22. The number of Topliss-reactive ketones (excluding diaryl/α,β-unsaturated/α-hetero) is 1.